The number of carbonyl (C=O) groups is 3. The fourth-order valence-corrected chi connectivity index (χ4v) is 1.52. The Labute approximate surface area is 104 Å². The molecule has 5 nitrogen and oxygen atoms in total. The zero-order valence-electron chi connectivity index (χ0n) is 9.28. The predicted molar refractivity (Wildman–Crippen MR) is 52.8 cm³/mol. The lowest BCUT2D eigenvalue weighted by molar-refractivity contribution is -0.172. The number of hydrogen-bond acceptors (Lipinski definition) is 4. The van der Waals surface area contributed by atoms with Crippen LogP contribution in [-0.4, -0.2) is 22.8 Å². The van der Waals surface area contributed by atoms with Crippen LogP contribution in [0.2, 0.25) is 0 Å². The van der Waals surface area contributed by atoms with E-state index in [1.807, 2.05) is 0 Å². The summed E-state index contributed by atoms with van der Waals surface area (Å²) in [7, 11) is 0. The number of amides is 2. The Bertz CT molecular complexity index is 548. The minimum absolute atomic E-state index is 0.143. The third-order valence-corrected chi connectivity index (χ3v) is 2.39. The standard InChI is InChI=1S/C11H6F3NO4/c12-5-3-6(13)10(7(14)4-5)11(18)19-15-8(16)1-2-9(15)17/h3-4H,1-2H2. The van der Waals surface area contributed by atoms with Crippen LogP contribution >= 0.6 is 0 Å². The lowest BCUT2D eigenvalue weighted by atomic mass is 10.2. The van der Waals surface area contributed by atoms with Gasteiger partial charge in [0.05, 0.1) is 0 Å². The van der Waals surface area contributed by atoms with Gasteiger partial charge in [-0.1, -0.05) is 0 Å². The summed E-state index contributed by atoms with van der Waals surface area (Å²) in [6.45, 7) is 0. The van der Waals surface area contributed by atoms with Crippen LogP contribution in [0.3, 0.4) is 0 Å². The van der Waals surface area contributed by atoms with Gasteiger partial charge in [0.1, 0.15) is 23.0 Å². The Hall–Kier alpha value is -2.38. The quantitative estimate of drug-likeness (QED) is 0.762. The summed E-state index contributed by atoms with van der Waals surface area (Å²) >= 11 is 0. The van der Waals surface area contributed by atoms with Gasteiger partial charge in [-0.05, 0) is 0 Å². The molecule has 1 aromatic rings. The molecule has 1 aliphatic heterocycles. The average Bonchev–Trinajstić information content (AvgIpc) is 2.59. The first kappa shape index (κ1) is 13.1. The van der Waals surface area contributed by atoms with Crippen molar-refractivity contribution in [3.05, 3.63) is 35.1 Å². The molecule has 0 spiro atoms. The van der Waals surface area contributed by atoms with Gasteiger partial charge < -0.3 is 4.84 Å². The molecule has 0 aliphatic carbocycles. The van der Waals surface area contributed by atoms with Gasteiger partial charge in [0.15, 0.2) is 0 Å². The maximum atomic E-state index is 13.3. The summed E-state index contributed by atoms with van der Waals surface area (Å²) < 4.78 is 39.2. The first-order valence-corrected chi connectivity index (χ1v) is 5.13. The average molecular weight is 273 g/mol. The van der Waals surface area contributed by atoms with Crippen molar-refractivity contribution in [2.24, 2.45) is 0 Å². The molecule has 1 fully saturated rings. The molecule has 1 saturated heterocycles. The van der Waals surface area contributed by atoms with E-state index < -0.39 is 40.8 Å². The minimum Gasteiger partial charge on any atom is -0.325 e. The minimum atomic E-state index is -1.58. The molecule has 0 N–H and O–H groups in total. The fourth-order valence-electron chi connectivity index (χ4n) is 1.52. The van der Waals surface area contributed by atoms with Crippen molar-refractivity contribution in [1.82, 2.24) is 5.06 Å². The van der Waals surface area contributed by atoms with Gasteiger partial charge in [-0.25, -0.2) is 18.0 Å². The SMILES string of the molecule is O=C(ON1C(=O)CCC1=O)c1c(F)cc(F)cc1F. The van der Waals surface area contributed by atoms with Crippen molar-refractivity contribution in [3.8, 4) is 0 Å². The lowest BCUT2D eigenvalue weighted by Crippen LogP contribution is -2.32. The van der Waals surface area contributed by atoms with Gasteiger partial charge >= 0.3 is 5.97 Å². The van der Waals surface area contributed by atoms with Gasteiger partial charge in [-0.15, -0.1) is 5.06 Å². The van der Waals surface area contributed by atoms with E-state index in [-0.39, 0.29) is 30.0 Å². The van der Waals surface area contributed by atoms with Gasteiger partial charge in [-0.2, -0.15) is 0 Å². The van der Waals surface area contributed by atoms with Crippen LogP contribution in [0.15, 0.2) is 12.1 Å². The Balaban J connectivity index is 2.26. The van der Waals surface area contributed by atoms with Crippen molar-refractivity contribution in [2.45, 2.75) is 12.8 Å². The number of carbonyl (C=O) groups excluding carboxylic acids is 3. The van der Waals surface area contributed by atoms with Crippen LogP contribution in [0.25, 0.3) is 0 Å². The second-order valence-corrected chi connectivity index (χ2v) is 3.71. The zero-order chi connectivity index (χ0) is 14.2. The van der Waals surface area contributed by atoms with Gasteiger partial charge in [0.2, 0.25) is 0 Å². The summed E-state index contributed by atoms with van der Waals surface area (Å²) in [6.07, 6.45) is -0.305. The second-order valence-electron chi connectivity index (χ2n) is 3.71. The number of hydroxylamine groups is 2. The van der Waals surface area contributed by atoms with E-state index in [9.17, 15) is 27.6 Å². The molecule has 19 heavy (non-hydrogen) atoms. The molecule has 1 aromatic carbocycles. The van der Waals surface area contributed by atoms with E-state index in [0.717, 1.165) is 0 Å². The van der Waals surface area contributed by atoms with Gasteiger partial charge in [-0.3, -0.25) is 9.59 Å². The van der Waals surface area contributed by atoms with E-state index in [2.05, 4.69) is 4.84 Å². The number of imide groups is 1. The van der Waals surface area contributed by atoms with Crippen LogP contribution in [0.4, 0.5) is 13.2 Å². The van der Waals surface area contributed by atoms with Crippen molar-refractivity contribution >= 4 is 17.8 Å². The van der Waals surface area contributed by atoms with Crippen LogP contribution < -0.4 is 0 Å². The molecule has 0 bridgehead atoms. The largest absolute Gasteiger partial charge is 0.369 e. The molecule has 2 amide bonds. The molecule has 0 radical (unpaired) electrons. The molecular weight excluding hydrogens is 267 g/mol. The summed E-state index contributed by atoms with van der Waals surface area (Å²) in [5, 5.41) is 0.143. The summed E-state index contributed by atoms with van der Waals surface area (Å²) in [6, 6.07) is 0.570. The smallest absolute Gasteiger partial charge is 0.325 e. The normalized spacial score (nSPS) is 15.0. The van der Waals surface area contributed by atoms with Crippen LogP contribution in [-0.2, 0) is 14.4 Å². The Morgan fingerprint density at radius 1 is 1.05 bits per heavy atom. The van der Waals surface area contributed by atoms with Crippen LogP contribution in [0, 0.1) is 17.5 Å². The summed E-state index contributed by atoms with van der Waals surface area (Å²) in [4.78, 5) is 38.1. The highest BCUT2D eigenvalue weighted by Gasteiger charge is 2.34. The first-order valence-electron chi connectivity index (χ1n) is 5.13. The lowest BCUT2D eigenvalue weighted by Gasteiger charge is -2.13. The third kappa shape index (κ3) is 2.42. The van der Waals surface area contributed by atoms with E-state index >= 15 is 0 Å². The molecule has 0 unspecified atom stereocenters. The molecule has 8 heteroatoms. The maximum Gasteiger partial charge on any atom is 0.369 e. The predicted octanol–water partition coefficient (Wildman–Crippen LogP) is 1.32. The summed E-state index contributed by atoms with van der Waals surface area (Å²) in [5.41, 5.74) is -1.17. The highest BCUT2D eigenvalue weighted by Crippen LogP contribution is 2.19. The van der Waals surface area contributed by atoms with Crippen LogP contribution in [0.5, 0.6) is 0 Å². The van der Waals surface area contributed by atoms with Crippen molar-refractivity contribution in [2.75, 3.05) is 0 Å². The molecular formula is C11H6F3NO4. The van der Waals surface area contributed by atoms with Gasteiger partial charge in [0.25, 0.3) is 11.8 Å². The third-order valence-electron chi connectivity index (χ3n) is 2.39. The van der Waals surface area contributed by atoms with E-state index in [4.69, 9.17) is 0 Å². The van der Waals surface area contributed by atoms with Crippen molar-refractivity contribution in [3.63, 3.8) is 0 Å². The Morgan fingerprint density at radius 2 is 1.53 bits per heavy atom. The Morgan fingerprint density at radius 3 is 2.00 bits per heavy atom. The molecule has 0 atom stereocenters. The monoisotopic (exact) mass is 273 g/mol. The summed E-state index contributed by atoms with van der Waals surface area (Å²) in [5.74, 6) is -7.34. The molecule has 100 valence electrons. The Kier molecular flexibility index (Phi) is 3.24. The highest BCUT2D eigenvalue weighted by molar-refractivity contribution is 6.02. The van der Waals surface area contributed by atoms with Gasteiger partial charge in [0, 0.05) is 25.0 Å². The maximum absolute atomic E-state index is 13.3. The molecule has 0 saturated carbocycles. The molecule has 0 aromatic heterocycles. The van der Waals surface area contributed by atoms with E-state index in [1.165, 1.54) is 0 Å². The number of benzene rings is 1. The molecule has 1 aliphatic rings. The van der Waals surface area contributed by atoms with E-state index in [1.54, 1.807) is 0 Å². The fraction of sp³-hybridized carbons (Fsp3) is 0.182. The molecule has 1 heterocycles. The second kappa shape index (κ2) is 4.71. The zero-order valence-corrected chi connectivity index (χ0v) is 9.28. The highest BCUT2D eigenvalue weighted by atomic mass is 19.1. The number of hydrogen-bond donors (Lipinski definition) is 0. The van der Waals surface area contributed by atoms with Crippen LogP contribution in [0.1, 0.15) is 23.2 Å². The molecule has 2 rings (SSSR count). The van der Waals surface area contributed by atoms with E-state index in [0.29, 0.717) is 0 Å². The topological polar surface area (TPSA) is 63.7 Å². The number of halogens is 3. The van der Waals surface area contributed by atoms with Crippen molar-refractivity contribution in [1.29, 1.82) is 0 Å². The first-order chi connectivity index (χ1) is 8.90. The number of rotatable bonds is 2. The number of nitrogens with zero attached hydrogens (tertiary/aromatic N) is 1. The van der Waals surface area contributed by atoms with Crippen molar-refractivity contribution < 1.29 is 32.4 Å².